The van der Waals surface area contributed by atoms with Gasteiger partial charge in [0.15, 0.2) is 0 Å². The molecule has 2 rings (SSSR count). The van der Waals surface area contributed by atoms with E-state index in [4.69, 9.17) is 0 Å². The van der Waals surface area contributed by atoms with E-state index >= 15 is 0 Å². The first-order valence-electron chi connectivity index (χ1n) is 4.65. The number of rotatable bonds is 0. The van der Waals surface area contributed by atoms with Gasteiger partial charge in [-0.15, -0.1) is 12.8 Å². The van der Waals surface area contributed by atoms with Gasteiger partial charge in [-0.25, -0.2) is 23.3 Å². The van der Waals surface area contributed by atoms with E-state index in [1.165, 1.54) is 11.1 Å². The molecule has 78 valence electrons. The van der Waals surface area contributed by atoms with Gasteiger partial charge in [0, 0.05) is 0 Å². The Kier molecular flexibility index (Phi) is 9.75. The third-order valence-electron chi connectivity index (χ3n) is 1.73. The zero-order valence-electron chi connectivity index (χ0n) is 8.98. The molecule has 0 N–H and O–H groups in total. The van der Waals surface area contributed by atoms with Gasteiger partial charge in [0.1, 0.15) is 0 Å². The topological polar surface area (TPSA) is 0 Å². The Hall–Kier alpha value is -0.466. The molecule has 15 heavy (non-hydrogen) atoms. The maximum atomic E-state index is 9.75. The van der Waals surface area contributed by atoms with Crippen molar-refractivity contribution in [2.24, 2.45) is 0 Å². The van der Waals surface area contributed by atoms with Gasteiger partial charge in [0.25, 0.3) is 0 Å². The molecule has 0 aromatic heterocycles. The van der Waals surface area contributed by atoms with Gasteiger partial charge in [-0.3, -0.25) is 12.2 Å². The predicted molar refractivity (Wildman–Crippen MR) is 54.6 cm³/mol. The second-order valence-electron chi connectivity index (χ2n) is 3.00. The summed E-state index contributed by atoms with van der Waals surface area (Å²) in [5.74, 6) is 0. The second kappa shape index (κ2) is 10.1. The summed E-state index contributed by atoms with van der Waals surface area (Å²) in [7, 11) is 0. The molecule has 0 spiro atoms. The fourth-order valence-corrected chi connectivity index (χ4v) is 1.03. The van der Waals surface area contributed by atoms with Crippen molar-refractivity contribution in [1.82, 2.24) is 0 Å². The van der Waals surface area contributed by atoms with Crippen LogP contribution in [0.4, 0.5) is 6.18 Å². The molecule has 3 heteroatoms. The van der Waals surface area contributed by atoms with E-state index in [2.05, 4.69) is 50.3 Å². The SMILES string of the molecule is CC1=[C-]CC=C1.CC1=[C-]CC=C1.[F][Ti+4][F]. The van der Waals surface area contributed by atoms with Crippen molar-refractivity contribution in [2.45, 2.75) is 26.7 Å². The van der Waals surface area contributed by atoms with E-state index in [-0.39, 0.29) is 0 Å². The fraction of sp³-hybridized carbons (Fsp3) is 0.333. The second-order valence-corrected chi connectivity index (χ2v) is 3.23. The number of hydrogen-bond acceptors (Lipinski definition) is 0. The van der Waals surface area contributed by atoms with Crippen LogP contribution in [0.1, 0.15) is 26.7 Å². The van der Waals surface area contributed by atoms with Crippen molar-refractivity contribution in [1.29, 1.82) is 0 Å². The predicted octanol–water partition coefficient (Wildman–Crippen LogP) is 4.23. The van der Waals surface area contributed by atoms with Crippen LogP contribution in [-0.4, -0.2) is 0 Å². The molecule has 0 nitrogen and oxygen atoms in total. The van der Waals surface area contributed by atoms with E-state index in [0.717, 1.165) is 12.8 Å². The first kappa shape index (κ1) is 14.5. The van der Waals surface area contributed by atoms with E-state index < -0.39 is 20.2 Å². The van der Waals surface area contributed by atoms with Crippen LogP contribution in [0.15, 0.2) is 35.5 Å². The molecule has 0 aromatic rings. The van der Waals surface area contributed by atoms with Crippen molar-refractivity contribution >= 4 is 0 Å². The Labute approximate surface area is 101 Å². The molecule has 2 aliphatic rings. The minimum absolute atomic E-state index is 1.02. The van der Waals surface area contributed by atoms with Gasteiger partial charge in [0.2, 0.25) is 0 Å². The summed E-state index contributed by atoms with van der Waals surface area (Å²) >= 11 is -2.50. The molecule has 0 bridgehead atoms. The number of allylic oxidation sites excluding steroid dienone is 8. The van der Waals surface area contributed by atoms with Crippen LogP contribution in [0.5, 0.6) is 0 Å². The van der Waals surface area contributed by atoms with Crippen LogP contribution < -0.4 is 0 Å². The van der Waals surface area contributed by atoms with Crippen LogP contribution >= 0.6 is 0 Å². The molecular formula is C12H14F2Ti+2. The summed E-state index contributed by atoms with van der Waals surface area (Å²) in [6.07, 6.45) is 16.7. The average molecular weight is 244 g/mol. The van der Waals surface area contributed by atoms with Crippen molar-refractivity contribution in [3.63, 3.8) is 0 Å². The molecule has 0 aliphatic heterocycles. The van der Waals surface area contributed by atoms with Gasteiger partial charge in [-0.1, -0.05) is 13.8 Å². The number of halogens is 2. The van der Waals surface area contributed by atoms with Crippen LogP contribution in [0.3, 0.4) is 0 Å². The molecule has 0 saturated carbocycles. The van der Waals surface area contributed by atoms with Crippen molar-refractivity contribution in [3.05, 3.63) is 47.6 Å². The van der Waals surface area contributed by atoms with Gasteiger partial charge < -0.3 is 0 Å². The molecular weight excluding hydrogens is 230 g/mol. The Balaban J connectivity index is 0.000000210. The third-order valence-corrected chi connectivity index (χ3v) is 1.73. The molecule has 0 heterocycles. The van der Waals surface area contributed by atoms with Crippen LogP contribution in [0.25, 0.3) is 0 Å². The molecule has 0 atom stereocenters. The third kappa shape index (κ3) is 9.83. The van der Waals surface area contributed by atoms with Crippen molar-refractivity contribution < 1.29 is 26.4 Å². The fourth-order valence-electron chi connectivity index (χ4n) is 1.03. The van der Waals surface area contributed by atoms with Gasteiger partial charge in [-0.05, 0) is 0 Å². The average Bonchev–Trinajstić information content (AvgIpc) is 2.81. The maximum absolute atomic E-state index is 9.75. The molecule has 0 saturated heterocycles. The monoisotopic (exact) mass is 244 g/mol. The van der Waals surface area contributed by atoms with Gasteiger partial charge in [-0.2, -0.15) is 12.2 Å². The van der Waals surface area contributed by atoms with Gasteiger partial charge in [0.05, 0.1) is 0 Å². The Morgan fingerprint density at radius 3 is 1.40 bits per heavy atom. The van der Waals surface area contributed by atoms with E-state index in [0.29, 0.717) is 0 Å². The molecule has 0 radical (unpaired) electrons. The van der Waals surface area contributed by atoms with Gasteiger partial charge >= 0.3 is 26.4 Å². The molecule has 0 aromatic carbocycles. The molecule has 0 amide bonds. The molecule has 2 aliphatic carbocycles. The Bertz CT molecular complexity index is 242. The summed E-state index contributed by atoms with van der Waals surface area (Å²) in [6.45, 7) is 4.12. The summed E-state index contributed by atoms with van der Waals surface area (Å²) in [4.78, 5) is 0. The normalized spacial score (nSPS) is 16.3. The van der Waals surface area contributed by atoms with E-state index in [9.17, 15) is 6.18 Å². The Morgan fingerprint density at radius 2 is 1.33 bits per heavy atom. The van der Waals surface area contributed by atoms with Crippen LogP contribution in [0.2, 0.25) is 0 Å². The summed E-state index contributed by atoms with van der Waals surface area (Å²) in [5.41, 5.74) is 2.55. The standard InChI is InChI=1S/2C6H7.2FH.Ti/c2*1-6-4-2-3-5-6;;;/h2*2,4H,3H2,1H3;2*1H;/q2*-1;;;+6/p-2. The van der Waals surface area contributed by atoms with Crippen LogP contribution in [-0.2, 0) is 20.2 Å². The number of hydrogen-bond donors (Lipinski definition) is 0. The first-order valence-corrected chi connectivity index (χ1v) is 5.83. The summed E-state index contributed by atoms with van der Waals surface area (Å²) < 4.78 is 19.5. The summed E-state index contributed by atoms with van der Waals surface area (Å²) in [5, 5.41) is 0. The van der Waals surface area contributed by atoms with Crippen molar-refractivity contribution in [2.75, 3.05) is 0 Å². The quantitative estimate of drug-likeness (QED) is 0.442. The summed E-state index contributed by atoms with van der Waals surface area (Å²) in [6, 6.07) is 0. The minimum atomic E-state index is -2.50. The Morgan fingerprint density at radius 1 is 1.00 bits per heavy atom. The van der Waals surface area contributed by atoms with E-state index in [1.54, 1.807) is 0 Å². The first-order chi connectivity index (χ1) is 7.20. The molecule has 0 unspecified atom stereocenters. The zero-order valence-corrected chi connectivity index (χ0v) is 10.5. The molecule has 0 fully saturated rings. The van der Waals surface area contributed by atoms with Crippen molar-refractivity contribution in [3.8, 4) is 0 Å². The van der Waals surface area contributed by atoms with E-state index in [1.807, 2.05) is 0 Å². The van der Waals surface area contributed by atoms with Crippen LogP contribution in [0, 0.1) is 12.2 Å². The zero-order chi connectivity index (χ0) is 11.5.